The van der Waals surface area contributed by atoms with E-state index in [-0.39, 0.29) is 0 Å². The van der Waals surface area contributed by atoms with Crippen LogP contribution in [0.3, 0.4) is 0 Å². The molecule has 0 aromatic heterocycles. The maximum absolute atomic E-state index is 12.1. The zero-order chi connectivity index (χ0) is 15.0. The van der Waals surface area contributed by atoms with E-state index in [1.54, 1.807) is 0 Å². The molecule has 0 saturated carbocycles. The molecule has 0 aliphatic carbocycles. The van der Waals surface area contributed by atoms with Gasteiger partial charge in [-0.1, -0.05) is 13.0 Å². The zero-order valence-electron chi connectivity index (χ0n) is 13.0. The van der Waals surface area contributed by atoms with Crippen molar-refractivity contribution in [1.29, 1.82) is 0 Å². The van der Waals surface area contributed by atoms with Crippen LogP contribution < -0.4 is 11.1 Å². The highest BCUT2D eigenvalue weighted by molar-refractivity contribution is 5.76. The minimum atomic E-state index is 0.310. The van der Waals surface area contributed by atoms with Crippen molar-refractivity contribution >= 4 is 5.91 Å². The number of carbonyl (C=O) groups excluding carboxylic acids is 1. The Morgan fingerprint density at radius 1 is 1.20 bits per heavy atom. The fourth-order valence-electron chi connectivity index (χ4n) is 2.47. The monoisotopic (exact) mass is 282 g/mol. The van der Waals surface area contributed by atoms with E-state index >= 15 is 0 Å². The van der Waals surface area contributed by atoms with E-state index in [1.807, 2.05) is 4.90 Å². The Bertz CT molecular complexity index is 309. The molecular formula is C15H30N4O. The van der Waals surface area contributed by atoms with E-state index in [0.717, 1.165) is 52.0 Å². The topological polar surface area (TPSA) is 61.6 Å². The molecule has 1 amide bonds. The minimum absolute atomic E-state index is 0.310. The number of amides is 1. The SMILES string of the molecule is C=C(N)NCCCCCC(=O)N1CCN(C(C)C)CC1. The Balaban J connectivity index is 2.07. The molecule has 1 heterocycles. The summed E-state index contributed by atoms with van der Waals surface area (Å²) in [5.41, 5.74) is 5.41. The van der Waals surface area contributed by atoms with Crippen molar-refractivity contribution in [2.75, 3.05) is 32.7 Å². The maximum Gasteiger partial charge on any atom is 0.222 e. The van der Waals surface area contributed by atoms with E-state index in [9.17, 15) is 4.79 Å². The molecule has 5 heteroatoms. The lowest BCUT2D eigenvalue weighted by Gasteiger charge is -2.37. The second-order valence-corrected chi connectivity index (χ2v) is 5.77. The number of unbranched alkanes of at least 4 members (excludes halogenated alkanes) is 2. The van der Waals surface area contributed by atoms with Crippen molar-refractivity contribution in [2.24, 2.45) is 5.73 Å². The number of nitrogens with zero attached hydrogens (tertiary/aromatic N) is 2. The average Bonchev–Trinajstić information content (AvgIpc) is 2.42. The third kappa shape index (κ3) is 6.28. The lowest BCUT2D eigenvalue weighted by molar-refractivity contribution is -0.133. The van der Waals surface area contributed by atoms with Gasteiger partial charge >= 0.3 is 0 Å². The summed E-state index contributed by atoms with van der Waals surface area (Å²) in [6.07, 6.45) is 3.72. The quantitative estimate of drug-likeness (QED) is 0.655. The van der Waals surface area contributed by atoms with Crippen LogP contribution in [0.5, 0.6) is 0 Å². The summed E-state index contributed by atoms with van der Waals surface area (Å²) in [5.74, 6) is 0.827. The van der Waals surface area contributed by atoms with Crippen LogP contribution in [0.2, 0.25) is 0 Å². The van der Waals surface area contributed by atoms with E-state index in [0.29, 0.717) is 24.2 Å². The first kappa shape index (κ1) is 16.8. The molecule has 0 aromatic rings. The van der Waals surface area contributed by atoms with Crippen molar-refractivity contribution in [3.63, 3.8) is 0 Å². The Hall–Kier alpha value is -1.23. The fourth-order valence-corrected chi connectivity index (χ4v) is 2.47. The van der Waals surface area contributed by atoms with Gasteiger partial charge in [-0.25, -0.2) is 0 Å². The van der Waals surface area contributed by atoms with E-state index in [4.69, 9.17) is 5.73 Å². The highest BCUT2D eigenvalue weighted by Gasteiger charge is 2.21. The molecule has 20 heavy (non-hydrogen) atoms. The third-order valence-electron chi connectivity index (χ3n) is 3.82. The highest BCUT2D eigenvalue weighted by atomic mass is 16.2. The molecule has 1 saturated heterocycles. The lowest BCUT2D eigenvalue weighted by atomic mass is 10.1. The summed E-state index contributed by atoms with van der Waals surface area (Å²) in [6.45, 7) is 12.6. The smallest absolute Gasteiger partial charge is 0.222 e. The van der Waals surface area contributed by atoms with Gasteiger partial charge in [0.1, 0.15) is 0 Å². The summed E-state index contributed by atoms with van der Waals surface area (Å²) >= 11 is 0. The summed E-state index contributed by atoms with van der Waals surface area (Å²) in [6, 6.07) is 0.581. The summed E-state index contributed by atoms with van der Waals surface area (Å²) in [7, 11) is 0. The van der Waals surface area contributed by atoms with Crippen LogP contribution in [0.25, 0.3) is 0 Å². The predicted molar refractivity (Wildman–Crippen MR) is 83.1 cm³/mol. The van der Waals surface area contributed by atoms with Crippen LogP contribution in [0.1, 0.15) is 39.5 Å². The number of carbonyl (C=O) groups is 1. The molecule has 0 bridgehead atoms. The van der Waals surface area contributed by atoms with Crippen LogP contribution in [-0.4, -0.2) is 54.5 Å². The van der Waals surface area contributed by atoms with Gasteiger partial charge in [0.15, 0.2) is 0 Å². The van der Waals surface area contributed by atoms with E-state index in [2.05, 4.69) is 30.6 Å². The molecular weight excluding hydrogens is 252 g/mol. The van der Waals surface area contributed by atoms with Gasteiger partial charge in [-0.3, -0.25) is 9.69 Å². The maximum atomic E-state index is 12.1. The number of nitrogens with two attached hydrogens (primary N) is 1. The zero-order valence-corrected chi connectivity index (χ0v) is 13.0. The normalized spacial score (nSPS) is 16.4. The van der Waals surface area contributed by atoms with Gasteiger partial charge in [-0.05, 0) is 26.7 Å². The number of hydrogen-bond acceptors (Lipinski definition) is 4. The van der Waals surface area contributed by atoms with Gasteiger partial charge in [0.25, 0.3) is 0 Å². The standard InChI is InChI=1S/C15H30N4O/c1-13(2)18-9-11-19(12-10-18)15(20)7-5-4-6-8-17-14(3)16/h13,17H,3-12,16H2,1-2H3. The van der Waals surface area contributed by atoms with Crippen LogP contribution in [0.15, 0.2) is 12.4 Å². The van der Waals surface area contributed by atoms with Gasteiger partial charge < -0.3 is 16.0 Å². The summed E-state index contributed by atoms with van der Waals surface area (Å²) < 4.78 is 0. The number of rotatable bonds is 8. The minimum Gasteiger partial charge on any atom is -0.386 e. The van der Waals surface area contributed by atoms with Crippen molar-refractivity contribution < 1.29 is 4.79 Å². The number of hydrogen-bond donors (Lipinski definition) is 2. The summed E-state index contributed by atoms with van der Waals surface area (Å²) in [5, 5.41) is 2.99. The molecule has 1 aliphatic rings. The molecule has 1 rings (SSSR count). The molecule has 0 spiro atoms. The van der Waals surface area contributed by atoms with Gasteiger partial charge in [0, 0.05) is 45.2 Å². The van der Waals surface area contributed by atoms with Crippen molar-refractivity contribution in [3.05, 3.63) is 12.4 Å². The second kappa shape index (κ2) is 8.84. The summed E-state index contributed by atoms with van der Waals surface area (Å²) in [4.78, 5) is 16.5. The molecule has 3 N–H and O–H groups in total. The molecule has 0 atom stereocenters. The Morgan fingerprint density at radius 3 is 2.40 bits per heavy atom. The van der Waals surface area contributed by atoms with Crippen molar-refractivity contribution in [1.82, 2.24) is 15.1 Å². The van der Waals surface area contributed by atoms with Gasteiger partial charge in [0.2, 0.25) is 5.91 Å². The van der Waals surface area contributed by atoms with E-state index < -0.39 is 0 Å². The van der Waals surface area contributed by atoms with Gasteiger partial charge in [0.05, 0.1) is 5.82 Å². The van der Waals surface area contributed by atoms with Gasteiger partial charge in [-0.15, -0.1) is 0 Å². The molecule has 0 aromatic carbocycles. The Kier molecular flexibility index (Phi) is 7.44. The molecule has 116 valence electrons. The largest absolute Gasteiger partial charge is 0.386 e. The van der Waals surface area contributed by atoms with Crippen LogP contribution in [-0.2, 0) is 4.79 Å². The molecule has 0 unspecified atom stereocenters. The van der Waals surface area contributed by atoms with E-state index in [1.165, 1.54) is 0 Å². The first-order valence-corrected chi connectivity index (χ1v) is 7.70. The second-order valence-electron chi connectivity index (χ2n) is 5.77. The highest BCUT2D eigenvalue weighted by Crippen LogP contribution is 2.09. The Morgan fingerprint density at radius 2 is 1.85 bits per heavy atom. The van der Waals surface area contributed by atoms with Gasteiger partial charge in [-0.2, -0.15) is 0 Å². The fraction of sp³-hybridized carbons (Fsp3) is 0.800. The molecule has 5 nitrogen and oxygen atoms in total. The van der Waals surface area contributed by atoms with Crippen molar-refractivity contribution in [3.8, 4) is 0 Å². The lowest BCUT2D eigenvalue weighted by Crippen LogP contribution is -2.50. The average molecular weight is 282 g/mol. The van der Waals surface area contributed by atoms with Crippen LogP contribution in [0.4, 0.5) is 0 Å². The number of piperazine rings is 1. The third-order valence-corrected chi connectivity index (χ3v) is 3.82. The van der Waals surface area contributed by atoms with Crippen LogP contribution >= 0.6 is 0 Å². The predicted octanol–water partition coefficient (Wildman–Crippen LogP) is 1.12. The first-order valence-electron chi connectivity index (χ1n) is 7.70. The molecule has 1 fully saturated rings. The number of nitrogens with one attached hydrogen (secondary N) is 1. The first-order chi connectivity index (χ1) is 9.50. The van der Waals surface area contributed by atoms with Crippen molar-refractivity contribution in [2.45, 2.75) is 45.6 Å². The molecule has 0 radical (unpaired) electrons. The Labute approximate surface area is 123 Å². The molecule has 1 aliphatic heterocycles. The van der Waals surface area contributed by atoms with Crippen LogP contribution in [0, 0.1) is 0 Å².